The molecule has 1 saturated heterocycles. The number of aldehydes is 1. The van der Waals surface area contributed by atoms with Crippen LogP contribution in [0.2, 0.25) is 0 Å². The summed E-state index contributed by atoms with van der Waals surface area (Å²) in [5.41, 5.74) is 0.919. The zero-order valence-electron chi connectivity index (χ0n) is 9.93. The lowest BCUT2D eigenvalue weighted by molar-refractivity contribution is -0.112. The second-order valence-corrected chi connectivity index (χ2v) is 8.96. The average Bonchev–Trinajstić information content (AvgIpc) is 2.70. The Morgan fingerprint density at radius 3 is 2.83 bits per heavy atom. The molecule has 0 aliphatic carbocycles. The van der Waals surface area contributed by atoms with E-state index in [2.05, 4.69) is 15.9 Å². The number of aryl methyl sites for hydroxylation is 1. The summed E-state index contributed by atoms with van der Waals surface area (Å²) in [6.45, 7) is 2.67. The Morgan fingerprint density at radius 2 is 2.28 bits per heavy atom. The van der Waals surface area contributed by atoms with E-state index in [0.717, 1.165) is 28.5 Å². The van der Waals surface area contributed by atoms with E-state index in [4.69, 9.17) is 0 Å². The van der Waals surface area contributed by atoms with Gasteiger partial charge >= 0.3 is 0 Å². The zero-order valence-corrected chi connectivity index (χ0v) is 13.1. The first-order valence-electron chi connectivity index (χ1n) is 5.66. The molecule has 0 aromatic carbocycles. The molecule has 0 bridgehead atoms. The highest BCUT2D eigenvalue weighted by Gasteiger charge is 2.31. The highest BCUT2D eigenvalue weighted by molar-refractivity contribution is 9.11. The largest absolute Gasteiger partial charge is 0.303 e. The lowest BCUT2D eigenvalue weighted by Gasteiger charge is -2.28. The number of rotatable bonds is 3. The van der Waals surface area contributed by atoms with Gasteiger partial charge in [0.1, 0.15) is 10.5 Å². The molecule has 1 aliphatic rings. The van der Waals surface area contributed by atoms with Gasteiger partial charge in [0, 0.05) is 19.0 Å². The minimum Gasteiger partial charge on any atom is -0.303 e. The second-order valence-electron chi connectivity index (χ2n) is 4.42. The smallest absolute Gasteiger partial charge is 0.252 e. The monoisotopic (exact) mass is 351 g/mol. The normalized spacial score (nSPS) is 22.0. The summed E-state index contributed by atoms with van der Waals surface area (Å²) in [7, 11) is -3.44. The minimum atomic E-state index is -3.44. The van der Waals surface area contributed by atoms with Crippen LogP contribution in [0.25, 0.3) is 0 Å². The molecule has 0 radical (unpaired) electrons. The van der Waals surface area contributed by atoms with Gasteiger partial charge in [-0.1, -0.05) is 0 Å². The van der Waals surface area contributed by atoms with Crippen LogP contribution in [-0.4, -0.2) is 32.1 Å². The average molecular weight is 352 g/mol. The topological polar surface area (TPSA) is 54.5 Å². The maximum atomic E-state index is 12.4. The quantitative estimate of drug-likeness (QED) is 0.785. The number of thiophene rings is 1. The molecule has 4 nitrogen and oxygen atoms in total. The van der Waals surface area contributed by atoms with E-state index >= 15 is 0 Å². The van der Waals surface area contributed by atoms with Crippen molar-refractivity contribution in [1.29, 1.82) is 0 Å². The Bertz CT molecular complexity index is 533. The van der Waals surface area contributed by atoms with Crippen LogP contribution in [0.5, 0.6) is 0 Å². The van der Waals surface area contributed by atoms with Crippen LogP contribution in [0.3, 0.4) is 0 Å². The number of hydrogen-bond donors (Lipinski definition) is 0. The van der Waals surface area contributed by atoms with Gasteiger partial charge in [-0.15, -0.1) is 11.3 Å². The highest BCUT2D eigenvalue weighted by atomic mass is 79.9. The third-order valence-corrected chi connectivity index (χ3v) is 7.49. The van der Waals surface area contributed by atoms with E-state index in [1.807, 2.05) is 6.92 Å². The van der Waals surface area contributed by atoms with E-state index in [0.29, 0.717) is 17.3 Å². The fourth-order valence-corrected chi connectivity index (χ4v) is 5.91. The van der Waals surface area contributed by atoms with E-state index in [9.17, 15) is 13.2 Å². The lowest BCUT2D eigenvalue weighted by atomic mass is 10.0. The van der Waals surface area contributed by atoms with Crippen molar-refractivity contribution in [3.63, 3.8) is 0 Å². The Kier molecular flexibility index (Phi) is 4.25. The summed E-state index contributed by atoms with van der Waals surface area (Å²) in [5, 5.41) is 0. The van der Waals surface area contributed by atoms with Crippen molar-refractivity contribution in [3.05, 3.63) is 15.4 Å². The van der Waals surface area contributed by atoms with Crippen molar-refractivity contribution in [2.75, 3.05) is 13.1 Å². The standard InChI is InChI=1S/C11H14BrNO3S2/c1-8-5-10(17-11(8)12)18(15,16)13-4-2-3-9(6-13)7-14/h5,7,9H,2-4,6H2,1H3. The molecule has 0 saturated carbocycles. The Balaban J connectivity index is 2.28. The first kappa shape index (κ1) is 14.2. The summed E-state index contributed by atoms with van der Waals surface area (Å²) >= 11 is 4.56. The van der Waals surface area contributed by atoms with Crippen LogP contribution < -0.4 is 0 Å². The Labute approximate surface area is 119 Å². The van der Waals surface area contributed by atoms with Crippen molar-refractivity contribution >= 4 is 43.6 Å². The molecule has 0 N–H and O–H groups in total. The van der Waals surface area contributed by atoms with Crippen LogP contribution in [-0.2, 0) is 14.8 Å². The Hall–Kier alpha value is -0.240. The summed E-state index contributed by atoms with van der Waals surface area (Å²) in [6, 6.07) is 1.68. The van der Waals surface area contributed by atoms with Gasteiger partial charge in [-0.05, 0) is 47.3 Å². The van der Waals surface area contributed by atoms with Crippen LogP contribution in [0.1, 0.15) is 18.4 Å². The van der Waals surface area contributed by atoms with Gasteiger partial charge < -0.3 is 4.79 Å². The van der Waals surface area contributed by atoms with Gasteiger partial charge in [-0.2, -0.15) is 4.31 Å². The molecule has 2 heterocycles. The first-order chi connectivity index (χ1) is 8.45. The molecule has 1 atom stereocenters. The molecule has 0 spiro atoms. The fourth-order valence-electron chi connectivity index (χ4n) is 1.99. The summed E-state index contributed by atoms with van der Waals surface area (Å²) in [4.78, 5) is 10.8. The molecule has 1 aliphatic heterocycles. The molecule has 1 aromatic rings. The van der Waals surface area contributed by atoms with Gasteiger partial charge in [-0.25, -0.2) is 8.42 Å². The van der Waals surface area contributed by atoms with E-state index < -0.39 is 10.0 Å². The van der Waals surface area contributed by atoms with E-state index in [1.54, 1.807) is 6.07 Å². The maximum Gasteiger partial charge on any atom is 0.252 e. The van der Waals surface area contributed by atoms with Crippen LogP contribution in [0.15, 0.2) is 14.1 Å². The number of carbonyl (C=O) groups is 1. The summed E-state index contributed by atoms with van der Waals surface area (Å²) < 4.78 is 27.4. The number of halogens is 1. The highest BCUT2D eigenvalue weighted by Crippen LogP contribution is 2.33. The summed E-state index contributed by atoms with van der Waals surface area (Å²) in [5.74, 6) is -0.168. The van der Waals surface area contributed by atoms with Gasteiger partial charge in [0.15, 0.2) is 0 Å². The first-order valence-corrected chi connectivity index (χ1v) is 8.71. The van der Waals surface area contributed by atoms with Crippen molar-refractivity contribution in [3.8, 4) is 0 Å². The third kappa shape index (κ3) is 2.68. The van der Waals surface area contributed by atoms with Crippen molar-refractivity contribution in [1.82, 2.24) is 4.31 Å². The van der Waals surface area contributed by atoms with E-state index in [1.165, 1.54) is 15.6 Å². The predicted octanol–water partition coefficient (Wildman–Crippen LogP) is 2.42. The Morgan fingerprint density at radius 1 is 1.56 bits per heavy atom. The summed E-state index contributed by atoms with van der Waals surface area (Å²) in [6.07, 6.45) is 2.38. The molecule has 2 rings (SSSR count). The molecule has 1 aromatic heterocycles. The van der Waals surface area contributed by atoms with Gasteiger partial charge in [0.25, 0.3) is 10.0 Å². The van der Waals surface area contributed by atoms with Crippen molar-refractivity contribution in [2.24, 2.45) is 5.92 Å². The number of hydrogen-bond acceptors (Lipinski definition) is 4. The lowest BCUT2D eigenvalue weighted by Crippen LogP contribution is -2.40. The van der Waals surface area contributed by atoms with Crippen molar-refractivity contribution < 1.29 is 13.2 Å². The van der Waals surface area contributed by atoms with Crippen LogP contribution in [0.4, 0.5) is 0 Å². The van der Waals surface area contributed by atoms with Gasteiger partial charge in [0.2, 0.25) is 0 Å². The van der Waals surface area contributed by atoms with Crippen LogP contribution >= 0.6 is 27.3 Å². The third-order valence-electron chi connectivity index (χ3n) is 3.04. The number of piperidine rings is 1. The number of carbonyl (C=O) groups excluding carboxylic acids is 1. The fraction of sp³-hybridized carbons (Fsp3) is 0.545. The second kappa shape index (κ2) is 5.40. The SMILES string of the molecule is Cc1cc(S(=O)(=O)N2CCCC(C=O)C2)sc1Br. The van der Waals surface area contributed by atoms with E-state index in [-0.39, 0.29) is 5.92 Å². The molecule has 1 fully saturated rings. The zero-order chi connectivity index (χ0) is 13.3. The number of sulfonamides is 1. The molecule has 18 heavy (non-hydrogen) atoms. The molecular weight excluding hydrogens is 338 g/mol. The molecule has 7 heteroatoms. The predicted molar refractivity (Wildman–Crippen MR) is 74.3 cm³/mol. The maximum absolute atomic E-state index is 12.4. The molecule has 0 amide bonds. The van der Waals surface area contributed by atoms with Gasteiger partial charge in [0.05, 0.1) is 3.79 Å². The van der Waals surface area contributed by atoms with Crippen molar-refractivity contribution in [2.45, 2.75) is 24.0 Å². The number of nitrogens with zero attached hydrogens (tertiary/aromatic N) is 1. The van der Waals surface area contributed by atoms with Crippen LogP contribution in [0, 0.1) is 12.8 Å². The van der Waals surface area contributed by atoms with Gasteiger partial charge in [-0.3, -0.25) is 0 Å². The molecule has 1 unspecified atom stereocenters. The molecular formula is C11H14BrNO3S2. The molecule has 100 valence electrons. The minimum absolute atomic E-state index is 0.168.